The molecule has 0 fully saturated rings. The summed E-state index contributed by atoms with van der Waals surface area (Å²) in [5.41, 5.74) is 0.849. The van der Waals surface area contributed by atoms with Gasteiger partial charge in [-0.3, -0.25) is 4.79 Å². The molecule has 2 N–H and O–H groups in total. The summed E-state index contributed by atoms with van der Waals surface area (Å²) in [5, 5.41) is 6.17. The third-order valence-corrected chi connectivity index (χ3v) is 2.76. The molecule has 0 aliphatic carbocycles. The smallest absolute Gasteiger partial charge is 0.142 e. The SMILES string of the molecule is C=CC(=C)NCCOCCCCCCOCCNC.C=CC=O. The molecule has 0 amide bonds. The Morgan fingerprint density at radius 3 is 1.91 bits per heavy atom. The molecular formula is C18H34N2O3. The zero-order chi connectivity index (χ0) is 17.6. The van der Waals surface area contributed by atoms with E-state index in [1.54, 1.807) is 6.08 Å². The molecular weight excluding hydrogens is 292 g/mol. The van der Waals surface area contributed by atoms with E-state index in [4.69, 9.17) is 14.3 Å². The molecule has 5 nitrogen and oxygen atoms in total. The fraction of sp³-hybridized carbons (Fsp3) is 0.611. The second-order valence-corrected chi connectivity index (χ2v) is 4.77. The monoisotopic (exact) mass is 326 g/mol. The minimum atomic E-state index is 0.639. The molecule has 0 saturated carbocycles. The largest absolute Gasteiger partial charge is 0.383 e. The highest BCUT2D eigenvalue weighted by molar-refractivity contribution is 5.63. The minimum absolute atomic E-state index is 0.639. The topological polar surface area (TPSA) is 59.6 Å². The third-order valence-electron chi connectivity index (χ3n) is 2.76. The first-order valence-electron chi connectivity index (χ1n) is 8.14. The first-order valence-corrected chi connectivity index (χ1v) is 8.14. The Hall–Kier alpha value is -1.43. The van der Waals surface area contributed by atoms with Crippen LogP contribution in [0.3, 0.4) is 0 Å². The summed E-state index contributed by atoms with van der Waals surface area (Å²) < 4.78 is 11.0. The number of hydrogen-bond acceptors (Lipinski definition) is 5. The van der Waals surface area contributed by atoms with Crippen molar-refractivity contribution in [2.24, 2.45) is 0 Å². The highest BCUT2D eigenvalue weighted by Crippen LogP contribution is 2.00. The number of rotatable bonds is 16. The molecule has 0 aromatic heterocycles. The molecule has 0 saturated heterocycles. The standard InChI is InChI=1S/C15H30N2O2.C3H4O/c1-4-15(2)17-10-14-19-12-8-6-5-7-11-18-13-9-16-3;1-2-3-4/h4,16-17H,1-2,5-14H2,3H3;2-3H,1H2. The molecule has 0 heterocycles. The van der Waals surface area contributed by atoms with Crippen molar-refractivity contribution in [3.63, 3.8) is 0 Å². The molecule has 23 heavy (non-hydrogen) atoms. The maximum atomic E-state index is 9.06. The van der Waals surface area contributed by atoms with Crippen molar-refractivity contribution in [1.82, 2.24) is 10.6 Å². The van der Waals surface area contributed by atoms with Gasteiger partial charge < -0.3 is 20.1 Å². The van der Waals surface area contributed by atoms with E-state index < -0.39 is 0 Å². The quantitative estimate of drug-likeness (QED) is 0.197. The van der Waals surface area contributed by atoms with Gasteiger partial charge in [-0.2, -0.15) is 0 Å². The average Bonchev–Trinajstić information content (AvgIpc) is 2.58. The van der Waals surface area contributed by atoms with Crippen molar-refractivity contribution in [2.45, 2.75) is 25.7 Å². The number of hydrogen-bond donors (Lipinski definition) is 2. The number of nitrogens with one attached hydrogen (secondary N) is 2. The maximum Gasteiger partial charge on any atom is 0.142 e. The van der Waals surface area contributed by atoms with Crippen molar-refractivity contribution >= 4 is 6.29 Å². The van der Waals surface area contributed by atoms with Crippen LogP contribution in [0.2, 0.25) is 0 Å². The zero-order valence-electron chi connectivity index (χ0n) is 14.6. The Balaban J connectivity index is 0. The van der Waals surface area contributed by atoms with Crippen LogP contribution in [0.1, 0.15) is 25.7 Å². The molecule has 0 radical (unpaired) electrons. The average molecular weight is 326 g/mol. The predicted molar refractivity (Wildman–Crippen MR) is 97.6 cm³/mol. The summed E-state index contributed by atoms with van der Waals surface area (Å²) in [6.45, 7) is 15.5. The van der Waals surface area contributed by atoms with E-state index in [-0.39, 0.29) is 0 Å². The third kappa shape index (κ3) is 25.8. The Morgan fingerprint density at radius 1 is 0.957 bits per heavy atom. The number of likely N-dealkylation sites (N-methyl/N-ethyl adjacent to an activating group) is 1. The Morgan fingerprint density at radius 2 is 1.48 bits per heavy atom. The number of carbonyl (C=O) groups excluding carboxylic acids is 1. The van der Waals surface area contributed by atoms with Crippen LogP contribution in [-0.2, 0) is 14.3 Å². The lowest BCUT2D eigenvalue weighted by Crippen LogP contribution is -2.17. The normalized spacial score (nSPS) is 9.43. The van der Waals surface area contributed by atoms with Gasteiger partial charge in [-0.05, 0) is 32.0 Å². The van der Waals surface area contributed by atoms with Crippen molar-refractivity contribution in [3.8, 4) is 0 Å². The molecule has 0 rings (SSSR count). The number of aldehydes is 1. The lowest BCUT2D eigenvalue weighted by Gasteiger charge is -2.07. The molecule has 0 aliphatic heterocycles. The van der Waals surface area contributed by atoms with Gasteiger partial charge in [0.1, 0.15) is 6.29 Å². The fourth-order valence-electron chi connectivity index (χ4n) is 1.50. The van der Waals surface area contributed by atoms with Gasteiger partial charge in [0, 0.05) is 32.0 Å². The maximum absolute atomic E-state index is 9.06. The molecule has 5 heteroatoms. The van der Waals surface area contributed by atoms with Crippen LogP contribution < -0.4 is 10.6 Å². The van der Waals surface area contributed by atoms with Gasteiger partial charge in [-0.15, -0.1) is 0 Å². The Bertz CT molecular complexity index is 288. The van der Waals surface area contributed by atoms with E-state index in [9.17, 15) is 0 Å². The molecule has 0 atom stereocenters. The molecule has 0 spiro atoms. The molecule has 0 bridgehead atoms. The van der Waals surface area contributed by atoms with Crippen LogP contribution in [0.4, 0.5) is 0 Å². The van der Waals surface area contributed by atoms with Crippen LogP contribution >= 0.6 is 0 Å². The van der Waals surface area contributed by atoms with Crippen LogP contribution in [0.15, 0.2) is 37.6 Å². The molecule has 134 valence electrons. The summed E-state index contributed by atoms with van der Waals surface area (Å²) in [6.07, 6.45) is 8.23. The lowest BCUT2D eigenvalue weighted by molar-refractivity contribution is -0.104. The van der Waals surface area contributed by atoms with Crippen LogP contribution in [0.25, 0.3) is 0 Å². The van der Waals surface area contributed by atoms with Crippen molar-refractivity contribution in [3.05, 3.63) is 37.6 Å². The second-order valence-electron chi connectivity index (χ2n) is 4.77. The molecule has 0 aromatic carbocycles. The van der Waals surface area contributed by atoms with Crippen LogP contribution in [-0.4, -0.2) is 52.9 Å². The van der Waals surface area contributed by atoms with Crippen LogP contribution in [0.5, 0.6) is 0 Å². The summed E-state index contributed by atoms with van der Waals surface area (Å²) in [6, 6.07) is 0. The van der Waals surface area contributed by atoms with Gasteiger partial charge >= 0.3 is 0 Å². The van der Waals surface area contributed by atoms with E-state index in [2.05, 4.69) is 30.4 Å². The first-order chi connectivity index (χ1) is 11.2. The van der Waals surface area contributed by atoms with Gasteiger partial charge in [-0.1, -0.05) is 32.6 Å². The van der Waals surface area contributed by atoms with Crippen molar-refractivity contribution in [1.29, 1.82) is 0 Å². The number of ether oxygens (including phenoxy) is 2. The highest BCUT2D eigenvalue weighted by atomic mass is 16.5. The van der Waals surface area contributed by atoms with E-state index in [1.807, 2.05) is 7.05 Å². The van der Waals surface area contributed by atoms with Gasteiger partial charge in [0.05, 0.1) is 13.2 Å². The molecule has 0 aliphatic rings. The van der Waals surface area contributed by atoms with Gasteiger partial charge in [0.25, 0.3) is 0 Å². The number of unbranched alkanes of at least 4 members (excludes halogenated alkanes) is 3. The van der Waals surface area contributed by atoms with E-state index >= 15 is 0 Å². The Labute approximate surface area is 141 Å². The van der Waals surface area contributed by atoms with Crippen LogP contribution in [0, 0.1) is 0 Å². The molecule has 0 unspecified atom stereocenters. The molecule has 0 aromatic rings. The number of allylic oxidation sites excluding steroid dienone is 2. The van der Waals surface area contributed by atoms with E-state index in [0.29, 0.717) is 6.29 Å². The summed E-state index contributed by atoms with van der Waals surface area (Å²) in [7, 11) is 1.94. The van der Waals surface area contributed by atoms with E-state index in [0.717, 1.165) is 58.1 Å². The van der Waals surface area contributed by atoms with Crippen molar-refractivity contribution in [2.75, 3.05) is 46.6 Å². The lowest BCUT2D eigenvalue weighted by atomic mass is 10.2. The van der Waals surface area contributed by atoms with E-state index in [1.165, 1.54) is 18.9 Å². The highest BCUT2D eigenvalue weighted by Gasteiger charge is 1.93. The minimum Gasteiger partial charge on any atom is -0.383 e. The van der Waals surface area contributed by atoms with Gasteiger partial charge in [0.15, 0.2) is 0 Å². The summed E-state index contributed by atoms with van der Waals surface area (Å²) >= 11 is 0. The number of carbonyl (C=O) groups is 1. The van der Waals surface area contributed by atoms with Gasteiger partial charge in [0.2, 0.25) is 0 Å². The summed E-state index contributed by atoms with van der Waals surface area (Å²) in [5.74, 6) is 0. The predicted octanol–water partition coefficient (Wildman–Crippen LogP) is 2.46. The summed E-state index contributed by atoms with van der Waals surface area (Å²) in [4.78, 5) is 9.06. The fourth-order valence-corrected chi connectivity index (χ4v) is 1.50. The second kappa shape index (κ2) is 22.8. The van der Waals surface area contributed by atoms with Gasteiger partial charge in [-0.25, -0.2) is 0 Å². The zero-order valence-corrected chi connectivity index (χ0v) is 14.6. The first kappa shape index (κ1) is 23.8. The van der Waals surface area contributed by atoms with Crippen molar-refractivity contribution < 1.29 is 14.3 Å². The Kier molecular flexibility index (Phi) is 23.7.